The van der Waals surface area contributed by atoms with Gasteiger partial charge in [0.05, 0.1) is 0 Å². The number of amides is 3. The van der Waals surface area contributed by atoms with Crippen LogP contribution in [0, 0.1) is 5.92 Å². The molecule has 0 N–H and O–H groups in total. The highest BCUT2D eigenvalue weighted by Gasteiger charge is 2.35. The second kappa shape index (κ2) is 7.14. The minimum Gasteiger partial charge on any atom is -0.342 e. The van der Waals surface area contributed by atoms with E-state index in [0.29, 0.717) is 11.9 Å². The third-order valence-corrected chi connectivity index (χ3v) is 5.06. The number of likely N-dealkylation sites (tertiary alicyclic amines) is 1. The molecule has 2 rings (SSSR count). The van der Waals surface area contributed by atoms with Crippen LogP contribution in [0.25, 0.3) is 0 Å². The number of piperidine rings is 1. The lowest BCUT2D eigenvalue weighted by atomic mass is 9.98. The van der Waals surface area contributed by atoms with Gasteiger partial charge in [-0.25, -0.2) is 4.79 Å². The van der Waals surface area contributed by atoms with Gasteiger partial charge in [0.1, 0.15) is 0 Å². The number of carbonyl (C=O) groups is 2. The minimum atomic E-state index is 0.172. The smallest absolute Gasteiger partial charge is 0.320 e. The summed E-state index contributed by atoms with van der Waals surface area (Å²) in [6, 6.07) is 0.502. The van der Waals surface area contributed by atoms with E-state index in [4.69, 9.17) is 0 Å². The van der Waals surface area contributed by atoms with Crippen molar-refractivity contribution in [2.24, 2.45) is 5.92 Å². The Bertz CT molecular complexity index is 374. The highest BCUT2D eigenvalue weighted by atomic mass is 16.2. The average Bonchev–Trinajstić information content (AvgIpc) is 2.89. The third kappa shape index (κ3) is 3.33. The molecule has 21 heavy (non-hydrogen) atoms. The van der Waals surface area contributed by atoms with Crippen molar-refractivity contribution >= 4 is 11.9 Å². The van der Waals surface area contributed by atoms with E-state index in [0.717, 1.165) is 58.4 Å². The lowest BCUT2D eigenvalue weighted by Crippen LogP contribution is -2.49. The van der Waals surface area contributed by atoms with Gasteiger partial charge >= 0.3 is 6.03 Å². The van der Waals surface area contributed by atoms with Gasteiger partial charge in [0.25, 0.3) is 0 Å². The van der Waals surface area contributed by atoms with Crippen molar-refractivity contribution in [3.8, 4) is 0 Å². The Morgan fingerprint density at radius 1 is 1.10 bits per heavy atom. The van der Waals surface area contributed by atoms with Crippen LogP contribution in [0.5, 0.6) is 0 Å². The zero-order chi connectivity index (χ0) is 15.4. The van der Waals surface area contributed by atoms with Crippen molar-refractivity contribution < 1.29 is 9.59 Å². The van der Waals surface area contributed by atoms with E-state index >= 15 is 0 Å². The molecule has 0 bridgehead atoms. The normalized spacial score (nSPS) is 20.8. The molecule has 3 amide bonds. The van der Waals surface area contributed by atoms with Gasteiger partial charge in [0.15, 0.2) is 0 Å². The summed E-state index contributed by atoms with van der Waals surface area (Å²) in [4.78, 5) is 30.5. The summed E-state index contributed by atoms with van der Waals surface area (Å²) < 4.78 is 0. The van der Waals surface area contributed by atoms with E-state index in [1.54, 1.807) is 0 Å². The first-order valence-electron chi connectivity index (χ1n) is 8.46. The Morgan fingerprint density at radius 2 is 1.71 bits per heavy atom. The molecule has 0 atom stereocenters. The standard InChI is InChI=1S/C16H29N3O2/c1-4-13(5-2)15(20)18-9-7-14(8-10-18)19-12-11-17(6-3)16(19)21/h13-14H,4-12H2,1-3H3. The number of hydrogen-bond donors (Lipinski definition) is 0. The van der Waals surface area contributed by atoms with Crippen molar-refractivity contribution in [1.29, 1.82) is 0 Å². The van der Waals surface area contributed by atoms with Gasteiger partial charge in [-0.05, 0) is 32.6 Å². The van der Waals surface area contributed by atoms with E-state index in [-0.39, 0.29) is 11.9 Å². The largest absolute Gasteiger partial charge is 0.342 e. The van der Waals surface area contributed by atoms with Crippen molar-refractivity contribution in [3.05, 3.63) is 0 Å². The van der Waals surface area contributed by atoms with Crippen LogP contribution in [0.2, 0.25) is 0 Å². The van der Waals surface area contributed by atoms with Gasteiger partial charge < -0.3 is 14.7 Å². The van der Waals surface area contributed by atoms with Gasteiger partial charge in [-0.1, -0.05) is 13.8 Å². The van der Waals surface area contributed by atoms with Crippen molar-refractivity contribution in [1.82, 2.24) is 14.7 Å². The fraction of sp³-hybridized carbons (Fsp3) is 0.875. The molecular formula is C16H29N3O2. The fourth-order valence-corrected chi connectivity index (χ4v) is 3.53. The highest BCUT2D eigenvalue weighted by Crippen LogP contribution is 2.23. The monoisotopic (exact) mass is 295 g/mol. The predicted molar refractivity (Wildman–Crippen MR) is 83.0 cm³/mol. The number of likely N-dealkylation sites (N-methyl/N-ethyl adjacent to an activating group) is 1. The summed E-state index contributed by atoms with van der Waals surface area (Å²) >= 11 is 0. The Morgan fingerprint density at radius 3 is 2.19 bits per heavy atom. The van der Waals surface area contributed by atoms with E-state index in [1.165, 1.54) is 0 Å². The van der Waals surface area contributed by atoms with Crippen molar-refractivity contribution in [3.63, 3.8) is 0 Å². The maximum Gasteiger partial charge on any atom is 0.320 e. The zero-order valence-corrected chi connectivity index (χ0v) is 13.7. The Hall–Kier alpha value is -1.26. The molecule has 5 heteroatoms. The summed E-state index contributed by atoms with van der Waals surface area (Å²) in [5, 5.41) is 0. The molecule has 2 saturated heterocycles. The van der Waals surface area contributed by atoms with Gasteiger partial charge in [-0.3, -0.25) is 4.79 Å². The first kappa shape index (κ1) is 16.1. The van der Waals surface area contributed by atoms with Gasteiger partial charge in [-0.2, -0.15) is 0 Å². The third-order valence-electron chi connectivity index (χ3n) is 5.06. The van der Waals surface area contributed by atoms with Crippen LogP contribution in [0.1, 0.15) is 46.5 Å². The number of hydrogen-bond acceptors (Lipinski definition) is 2. The quantitative estimate of drug-likeness (QED) is 0.780. The Kier molecular flexibility index (Phi) is 5.48. The van der Waals surface area contributed by atoms with Crippen LogP contribution in [0.3, 0.4) is 0 Å². The van der Waals surface area contributed by atoms with Crippen LogP contribution in [0.4, 0.5) is 4.79 Å². The van der Waals surface area contributed by atoms with Crippen LogP contribution in [-0.2, 0) is 4.79 Å². The molecule has 0 spiro atoms. The molecular weight excluding hydrogens is 266 g/mol. The van der Waals surface area contributed by atoms with E-state index in [2.05, 4.69) is 13.8 Å². The number of rotatable bonds is 5. The zero-order valence-electron chi connectivity index (χ0n) is 13.7. The molecule has 2 aliphatic heterocycles. The second-order valence-corrected chi connectivity index (χ2v) is 6.13. The molecule has 0 radical (unpaired) electrons. The van der Waals surface area contributed by atoms with Gasteiger partial charge in [0.2, 0.25) is 5.91 Å². The minimum absolute atomic E-state index is 0.172. The van der Waals surface area contributed by atoms with Crippen LogP contribution < -0.4 is 0 Å². The first-order chi connectivity index (χ1) is 10.1. The van der Waals surface area contributed by atoms with Gasteiger partial charge in [0, 0.05) is 44.7 Å². The summed E-state index contributed by atoms with van der Waals surface area (Å²) in [5.41, 5.74) is 0. The topological polar surface area (TPSA) is 43.9 Å². The van der Waals surface area contributed by atoms with E-state index in [1.807, 2.05) is 21.6 Å². The van der Waals surface area contributed by atoms with Crippen molar-refractivity contribution in [2.45, 2.75) is 52.5 Å². The van der Waals surface area contributed by atoms with Crippen LogP contribution >= 0.6 is 0 Å². The lowest BCUT2D eigenvalue weighted by molar-refractivity contribution is -0.137. The van der Waals surface area contributed by atoms with Gasteiger partial charge in [-0.15, -0.1) is 0 Å². The molecule has 0 aromatic heterocycles. The van der Waals surface area contributed by atoms with Crippen LogP contribution in [0.15, 0.2) is 0 Å². The summed E-state index contributed by atoms with van der Waals surface area (Å²) in [6.07, 6.45) is 3.70. The molecule has 2 aliphatic rings. The fourth-order valence-electron chi connectivity index (χ4n) is 3.53. The summed E-state index contributed by atoms with van der Waals surface area (Å²) in [6.45, 7) is 10.3. The summed E-state index contributed by atoms with van der Waals surface area (Å²) in [7, 11) is 0. The molecule has 2 heterocycles. The number of nitrogens with zero attached hydrogens (tertiary/aromatic N) is 3. The van der Waals surface area contributed by atoms with Crippen molar-refractivity contribution in [2.75, 3.05) is 32.7 Å². The molecule has 5 nitrogen and oxygen atoms in total. The molecule has 120 valence electrons. The van der Waals surface area contributed by atoms with Crippen LogP contribution in [-0.4, -0.2) is 65.4 Å². The number of urea groups is 1. The molecule has 0 unspecified atom stereocenters. The maximum atomic E-state index is 12.4. The Labute approximate surface area is 128 Å². The van der Waals surface area contributed by atoms with E-state index in [9.17, 15) is 9.59 Å². The first-order valence-corrected chi connectivity index (χ1v) is 8.46. The SMILES string of the molecule is CCC(CC)C(=O)N1CCC(N2CCN(CC)C2=O)CC1. The van der Waals surface area contributed by atoms with E-state index < -0.39 is 0 Å². The summed E-state index contributed by atoms with van der Waals surface area (Å²) in [5.74, 6) is 0.479. The average molecular weight is 295 g/mol. The molecule has 0 aliphatic carbocycles. The Balaban J connectivity index is 1.86. The molecule has 0 aromatic rings. The lowest BCUT2D eigenvalue weighted by Gasteiger charge is -2.37. The molecule has 2 fully saturated rings. The molecule has 0 aromatic carbocycles. The highest BCUT2D eigenvalue weighted by molar-refractivity contribution is 5.79. The second-order valence-electron chi connectivity index (χ2n) is 6.13. The maximum absolute atomic E-state index is 12.4. The predicted octanol–water partition coefficient (Wildman–Crippen LogP) is 2.17. The molecule has 0 saturated carbocycles. The number of carbonyl (C=O) groups excluding carboxylic acids is 2.